The molecule has 0 aliphatic rings. The van der Waals surface area contributed by atoms with Crippen molar-refractivity contribution in [2.75, 3.05) is 0 Å². The van der Waals surface area contributed by atoms with Gasteiger partial charge in [0.15, 0.2) is 0 Å². The van der Waals surface area contributed by atoms with Crippen LogP contribution in [0.3, 0.4) is 0 Å². The minimum absolute atomic E-state index is 0.0298. The van der Waals surface area contributed by atoms with E-state index < -0.39 is 0 Å². The Bertz CT molecular complexity index is 586. The molecule has 1 amide bonds. The van der Waals surface area contributed by atoms with Crippen LogP contribution in [0.4, 0.5) is 0 Å². The lowest BCUT2D eigenvalue weighted by Gasteiger charge is -2.10. The average molecular weight is 276 g/mol. The van der Waals surface area contributed by atoms with Crippen LogP contribution in [0.25, 0.3) is 0 Å². The van der Waals surface area contributed by atoms with Gasteiger partial charge in [-0.15, -0.1) is 0 Å². The van der Waals surface area contributed by atoms with Crippen LogP contribution in [-0.2, 0) is 6.42 Å². The zero-order valence-corrected chi connectivity index (χ0v) is 12.2. The quantitative estimate of drug-likeness (QED) is 0.876. The van der Waals surface area contributed by atoms with Crippen molar-refractivity contribution in [1.82, 2.24) is 20.7 Å². The molecule has 0 spiro atoms. The van der Waals surface area contributed by atoms with Crippen molar-refractivity contribution in [2.24, 2.45) is 0 Å². The van der Waals surface area contributed by atoms with Gasteiger partial charge in [-0.2, -0.15) is 5.10 Å². The zero-order valence-electron chi connectivity index (χ0n) is 12.2. The Balaban J connectivity index is 1.93. The molecule has 0 saturated carbocycles. The van der Waals surface area contributed by atoms with Crippen LogP contribution in [-0.4, -0.2) is 27.3 Å². The summed E-state index contributed by atoms with van der Waals surface area (Å²) in [6.45, 7) is 7.88. The maximum Gasteiger partial charge on any atom is 0.290 e. The molecule has 2 N–H and O–H groups in total. The average Bonchev–Trinajstić information content (AvgIpc) is 2.98. The number of aromatic amines is 1. The molecular formula is C14H20N4O2. The van der Waals surface area contributed by atoms with Crippen molar-refractivity contribution >= 4 is 5.91 Å². The Labute approximate surface area is 117 Å². The highest BCUT2D eigenvalue weighted by atomic mass is 16.5. The topological polar surface area (TPSA) is 83.8 Å². The summed E-state index contributed by atoms with van der Waals surface area (Å²) in [5.74, 6) is 0.243. The third kappa shape index (κ3) is 3.46. The fourth-order valence-electron chi connectivity index (χ4n) is 1.91. The minimum atomic E-state index is -0.246. The van der Waals surface area contributed by atoms with Crippen LogP contribution >= 0.6 is 0 Å². The fraction of sp³-hybridized carbons (Fsp3) is 0.500. The predicted octanol–water partition coefficient (Wildman–Crippen LogP) is 2.19. The van der Waals surface area contributed by atoms with Crippen LogP contribution < -0.4 is 5.32 Å². The van der Waals surface area contributed by atoms with E-state index in [0.29, 0.717) is 6.42 Å². The minimum Gasteiger partial charge on any atom is -0.351 e. The smallest absolute Gasteiger partial charge is 0.290 e. The van der Waals surface area contributed by atoms with E-state index in [1.54, 1.807) is 6.07 Å². The van der Waals surface area contributed by atoms with Crippen molar-refractivity contribution in [2.45, 2.75) is 46.1 Å². The van der Waals surface area contributed by atoms with E-state index in [0.717, 1.165) is 17.1 Å². The normalized spacial score (nSPS) is 12.7. The van der Waals surface area contributed by atoms with Crippen molar-refractivity contribution in [3.63, 3.8) is 0 Å². The molecule has 6 nitrogen and oxygen atoms in total. The number of hydrogen-bond donors (Lipinski definition) is 2. The molecule has 0 fully saturated rings. The Morgan fingerprint density at radius 3 is 2.70 bits per heavy atom. The van der Waals surface area contributed by atoms with Crippen molar-refractivity contribution < 1.29 is 9.32 Å². The van der Waals surface area contributed by atoms with Crippen molar-refractivity contribution in [3.8, 4) is 0 Å². The summed E-state index contributed by atoms with van der Waals surface area (Å²) in [6.07, 6.45) is 0.668. The van der Waals surface area contributed by atoms with E-state index in [1.807, 2.05) is 33.8 Å². The molecule has 0 unspecified atom stereocenters. The highest BCUT2D eigenvalue weighted by Crippen LogP contribution is 2.14. The van der Waals surface area contributed by atoms with Gasteiger partial charge in [0.1, 0.15) is 0 Å². The molecule has 2 aromatic rings. The van der Waals surface area contributed by atoms with Gasteiger partial charge in [0.25, 0.3) is 5.91 Å². The van der Waals surface area contributed by atoms with Gasteiger partial charge in [-0.25, -0.2) is 0 Å². The Kier molecular flexibility index (Phi) is 4.22. The molecule has 1 atom stereocenters. The van der Waals surface area contributed by atoms with E-state index in [9.17, 15) is 4.79 Å². The first kappa shape index (κ1) is 14.3. The second kappa shape index (κ2) is 5.90. The summed E-state index contributed by atoms with van der Waals surface area (Å²) in [4.78, 5) is 12.0. The van der Waals surface area contributed by atoms with Gasteiger partial charge >= 0.3 is 0 Å². The van der Waals surface area contributed by atoms with Crippen LogP contribution in [0.5, 0.6) is 0 Å². The standard InChI is InChI=1S/C14H20N4O2/c1-8(2)12-7-13(20-18-12)14(19)15-9(3)5-11-6-10(4)16-17-11/h6-9H,5H2,1-4H3,(H,15,19)(H,16,17)/t9-/m1/s1. The zero-order chi connectivity index (χ0) is 14.7. The third-order valence-electron chi connectivity index (χ3n) is 3.00. The number of aryl methyl sites for hydroxylation is 1. The SMILES string of the molecule is Cc1cc(C[C@@H](C)NC(=O)c2cc(C(C)C)no2)n[nH]1. The highest BCUT2D eigenvalue weighted by molar-refractivity contribution is 5.91. The monoisotopic (exact) mass is 276 g/mol. The van der Waals surface area contributed by atoms with Crippen LogP contribution in [0.15, 0.2) is 16.7 Å². The molecule has 0 aromatic carbocycles. The summed E-state index contributed by atoms with van der Waals surface area (Å²) in [5.41, 5.74) is 2.72. The Hall–Kier alpha value is -2.11. The number of hydrogen-bond acceptors (Lipinski definition) is 4. The lowest BCUT2D eigenvalue weighted by atomic mass is 10.1. The molecule has 0 radical (unpaired) electrons. The first-order chi connectivity index (χ1) is 9.45. The van der Waals surface area contributed by atoms with Gasteiger partial charge in [-0.3, -0.25) is 9.89 Å². The summed E-state index contributed by atoms with van der Waals surface area (Å²) in [6, 6.07) is 3.62. The number of aromatic nitrogens is 3. The number of amides is 1. The highest BCUT2D eigenvalue weighted by Gasteiger charge is 2.17. The molecular weight excluding hydrogens is 256 g/mol. The van der Waals surface area contributed by atoms with E-state index >= 15 is 0 Å². The maximum atomic E-state index is 12.0. The molecule has 0 bridgehead atoms. The third-order valence-corrected chi connectivity index (χ3v) is 3.00. The van der Waals surface area contributed by atoms with Crippen molar-refractivity contribution in [3.05, 3.63) is 35.0 Å². The lowest BCUT2D eigenvalue weighted by molar-refractivity contribution is 0.0902. The van der Waals surface area contributed by atoms with Crippen LogP contribution in [0.1, 0.15) is 54.3 Å². The molecule has 2 rings (SSSR count). The van der Waals surface area contributed by atoms with Crippen LogP contribution in [0, 0.1) is 6.92 Å². The molecule has 2 aromatic heterocycles. The number of nitrogens with zero attached hydrogens (tertiary/aromatic N) is 2. The molecule has 0 saturated heterocycles. The van der Waals surface area contributed by atoms with Crippen molar-refractivity contribution in [1.29, 1.82) is 0 Å². The summed E-state index contributed by atoms with van der Waals surface area (Å²) >= 11 is 0. The van der Waals surface area contributed by atoms with E-state index in [2.05, 4.69) is 20.7 Å². The maximum absolute atomic E-state index is 12.0. The fourth-order valence-corrected chi connectivity index (χ4v) is 1.91. The molecule has 0 aliphatic heterocycles. The largest absolute Gasteiger partial charge is 0.351 e. The number of rotatable bonds is 5. The van der Waals surface area contributed by atoms with Gasteiger partial charge in [0.2, 0.25) is 5.76 Å². The second-order valence-electron chi connectivity index (χ2n) is 5.39. The molecule has 20 heavy (non-hydrogen) atoms. The van der Waals surface area contributed by atoms with Gasteiger partial charge < -0.3 is 9.84 Å². The Morgan fingerprint density at radius 2 is 2.15 bits per heavy atom. The summed E-state index contributed by atoms with van der Waals surface area (Å²) < 4.78 is 5.06. The second-order valence-corrected chi connectivity index (χ2v) is 5.39. The molecule has 6 heteroatoms. The van der Waals surface area contributed by atoms with E-state index in [1.165, 1.54) is 0 Å². The number of carbonyl (C=O) groups excluding carboxylic acids is 1. The molecule has 2 heterocycles. The van der Waals surface area contributed by atoms with E-state index in [4.69, 9.17) is 4.52 Å². The first-order valence-electron chi connectivity index (χ1n) is 6.74. The van der Waals surface area contributed by atoms with Gasteiger partial charge in [-0.1, -0.05) is 19.0 Å². The predicted molar refractivity (Wildman–Crippen MR) is 74.5 cm³/mol. The van der Waals surface area contributed by atoms with E-state index in [-0.39, 0.29) is 23.6 Å². The summed E-state index contributed by atoms with van der Waals surface area (Å²) in [5, 5.41) is 13.8. The van der Waals surface area contributed by atoms with Gasteiger partial charge in [0.05, 0.1) is 11.4 Å². The van der Waals surface area contributed by atoms with Gasteiger partial charge in [0, 0.05) is 24.2 Å². The van der Waals surface area contributed by atoms with Crippen LogP contribution in [0.2, 0.25) is 0 Å². The number of H-pyrrole nitrogens is 1. The lowest BCUT2D eigenvalue weighted by Crippen LogP contribution is -2.33. The Morgan fingerprint density at radius 1 is 1.40 bits per heavy atom. The number of carbonyl (C=O) groups is 1. The summed E-state index contributed by atoms with van der Waals surface area (Å²) in [7, 11) is 0. The number of nitrogens with one attached hydrogen (secondary N) is 2. The molecule has 108 valence electrons. The first-order valence-corrected chi connectivity index (χ1v) is 6.74. The van der Waals surface area contributed by atoms with Gasteiger partial charge in [-0.05, 0) is 25.8 Å². The molecule has 0 aliphatic carbocycles.